The van der Waals surface area contributed by atoms with Crippen LogP contribution < -0.4 is 0 Å². The largest absolute Gasteiger partial charge is 0.282 e. The van der Waals surface area contributed by atoms with Crippen LogP contribution in [0, 0.1) is 5.92 Å². The van der Waals surface area contributed by atoms with Crippen LogP contribution in [0.4, 0.5) is 0 Å². The van der Waals surface area contributed by atoms with Gasteiger partial charge in [0.1, 0.15) is 0 Å². The second-order valence-electron chi connectivity index (χ2n) is 6.52. The van der Waals surface area contributed by atoms with Crippen LogP contribution in [0.5, 0.6) is 0 Å². The molecule has 0 aromatic carbocycles. The number of nitrogens with zero attached hydrogens (tertiary/aromatic N) is 1. The van der Waals surface area contributed by atoms with Crippen molar-refractivity contribution >= 4 is 11.8 Å². The van der Waals surface area contributed by atoms with Crippen LogP contribution in [0.1, 0.15) is 83.5 Å². The van der Waals surface area contributed by atoms with Gasteiger partial charge in [-0.25, -0.2) is 0 Å². The first-order valence-electron chi connectivity index (χ1n) is 8.60. The van der Waals surface area contributed by atoms with Gasteiger partial charge in [0, 0.05) is 19.4 Å². The molecule has 2 fully saturated rings. The van der Waals surface area contributed by atoms with Crippen LogP contribution in [0.2, 0.25) is 0 Å². The molecule has 0 aromatic rings. The lowest BCUT2D eigenvalue weighted by Crippen LogP contribution is -2.43. The molecule has 0 atom stereocenters. The zero-order valence-corrected chi connectivity index (χ0v) is 12.7. The summed E-state index contributed by atoms with van der Waals surface area (Å²) in [5.74, 6) is 0.672. The number of amides is 2. The molecule has 3 nitrogen and oxygen atoms in total. The van der Waals surface area contributed by atoms with Gasteiger partial charge in [-0.3, -0.25) is 14.5 Å². The topological polar surface area (TPSA) is 37.4 Å². The molecule has 20 heavy (non-hydrogen) atoms. The third-order valence-corrected chi connectivity index (χ3v) is 4.80. The summed E-state index contributed by atoms with van der Waals surface area (Å²) in [5.41, 5.74) is 0. The summed E-state index contributed by atoms with van der Waals surface area (Å²) >= 11 is 0. The number of likely N-dealkylation sites (tertiary alicyclic amines) is 1. The fourth-order valence-electron chi connectivity index (χ4n) is 3.52. The van der Waals surface area contributed by atoms with Gasteiger partial charge in [0.05, 0.1) is 0 Å². The maximum atomic E-state index is 11.9. The minimum atomic E-state index is 0.0653. The normalized spacial score (nSPS) is 24.5. The van der Waals surface area contributed by atoms with Crippen molar-refractivity contribution in [3.05, 3.63) is 0 Å². The summed E-state index contributed by atoms with van der Waals surface area (Å²) in [5, 5.41) is 0. The van der Waals surface area contributed by atoms with Gasteiger partial charge >= 0.3 is 0 Å². The van der Waals surface area contributed by atoms with E-state index in [9.17, 15) is 9.59 Å². The maximum Gasteiger partial charge on any atom is 0.229 e. The first kappa shape index (κ1) is 15.5. The standard InChI is InChI=1S/C17H29NO2/c19-16-12-9-13-17(20)18(16)14-15-10-7-5-3-1-2-4-6-8-11-15/h15H,1-14H2. The highest BCUT2D eigenvalue weighted by Gasteiger charge is 2.27. The molecule has 0 aromatic heterocycles. The van der Waals surface area contributed by atoms with Crippen LogP contribution in [-0.4, -0.2) is 23.3 Å². The summed E-state index contributed by atoms with van der Waals surface area (Å²) in [6.45, 7) is 0.692. The fraction of sp³-hybridized carbons (Fsp3) is 0.882. The van der Waals surface area contributed by atoms with E-state index in [1.165, 1.54) is 64.2 Å². The Bertz CT molecular complexity index is 299. The second-order valence-corrected chi connectivity index (χ2v) is 6.52. The number of carbonyl (C=O) groups is 2. The summed E-state index contributed by atoms with van der Waals surface area (Å²) in [6.07, 6.45) is 14.9. The zero-order valence-electron chi connectivity index (χ0n) is 12.7. The number of hydrogen-bond donors (Lipinski definition) is 0. The van der Waals surface area contributed by atoms with E-state index in [0.29, 0.717) is 25.3 Å². The van der Waals surface area contributed by atoms with Crippen molar-refractivity contribution in [3.63, 3.8) is 0 Å². The van der Waals surface area contributed by atoms with Gasteiger partial charge in [0.2, 0.25) is 11.8 Å². The van der Waals surface area contributed by atoms with Crippen molar-refractivity contribution in [3.8, 4) is 0 Å². The Kier molecular flexibility index (Phi) is 6.55. The van der Waals surface area contributed by atoms with E-state index in [4.69, 9.17) is 0 Å². The smallest absolute Gasteiger partial charge is 0.229 e. The van der Waals surface area contributed by atoms with Crippen molar-refractivity contribution < 1.29 is 9.59 Å². The average Bonchev–Trinajstić information content (AvgIpc) is 2.49. The molecule has 2 amide bonds. The molecule has 1 aliphatic carbocycles. The SMILES string of the molecule is O=C1CCCC(=O)N1CC1CCCCCCCCCC1. The van der Waals surface area contributed by atoms with Crippen LogP contribution in [0.3, 0.4) is 0 Å². The Morgan fingerprint density at radius 3 is 1.65 bits per heavy atom. The highest BCUT2D eigenvalue weighted by Crippen LogP contribution is 2.24. The molecule has 0 N–H and O–H groups in total. The lowest BCUT2D eigenvalue weighted by molar-refractivity contribution is -0.148. The lowest BCUT2D eigenvalue weighted by atomic mass is 9.94. The molecule has 1 heterocycles. The molecular weight excluding hydrogens is 250 g/mol. The molecule has 0 radical (unpaired) electrons. The van der Waals surface area contributed by atoms with Crippen LogP contribution in [0.25, 0.3) is 0 Å². The first-order chi connectivity index (χ1) is 9.77. The molecular formula is C17H29NO2. The van der Waals surface area contributed by atoms with Crippen molar-refractivity contribution in [2.45, 2.75) is 83.5 Å². The second kappa shape index (κ2) is 8.43. The van der Waals surface area contributed by atoms with Crippen molar-refractivity contribution in [2.24, 2.45) is 5.92 Å². The molecule has 0 bridgehead atoms. The first-order valence-corrected chi connectivity index (χ1v) is 8.60. The average molecular weight is 279 g/mol. The summed E-state index contributed by atoms with van der Waals surface area (Å²) < 4.78 is 0. The summed E-state index contributed by atoms with van der Waals surface area (Å²) in [6, 6.07) is 0. The van der Waals surface area contributed by atoms with Gasteiger partial charge in [-0.05, 0) is 25.2 Å². The van der Waals surface area contributed by atoms with E-state index in [1.54, 1.807) is 4.90 Å². The van der Waals surface area contributed by atoms with Gasteiger partial charge in [0.15, 0.2) is 0 Å². The molecule has 2 rings (SSSR count). The van der Waals surface area contributed by atoms with Crippen LogP contribution >= 0.6 is 0 Å². The van der Waals surface area contributed by atoms with Gasteiger partial charge in [0.25, 0.3) is 0 Å². The van der Waals surface area contributed by atoms with E-state index >= 15 is 0 Å². The van der Waals surface area contributed by atoms with Crippen molar-refractivity contribution in [1.29, 1.82) is 0 Å². The van der Waals surface area contributed by atoms with Crippen LogP contribution in [-0.2, 0) is 9.59 Å². The Hall–Kier alpha value is -0.860. The number of piperidine rings is 1. The molecule has 114 valence electrons. The van der Waals surface area contributed by atoms with Crippen molar-refractivity contribution in [2.75, 3.05) is 6.54 Å². The molecule has 0 spiro atoms. The third-order valence-electron chi connectivity index (χ3n) is 4.80. The number of rotatable bonds is 2. The molecule has 0 unspecified atom stereocenters. The fourth-order valence-corrected chi connectivity index (χ4v) is 3.52. The lowest BCUT2D eigenvalue weighted by Gasteiger charge is -2.29. The van der Waals surface area contributed by atoms with E-state index in [2.05, 4.69) is 0 Å². The van der Waals surface area contributed by atoms with Gasteiger partial charge in [-0.15, -0.1) is 0 Å². The number of hydrogen-bond acceptors (Lipinski definition) is 2. The number of carbonyl (C=O) groups excluding carboxylic acids is 2. The zero-order chi connectivity index (χ0) is 14.2. The Morgan fingerprint density at radius 2 is 1.15 bits per heavy atom. The Morgan fingerprint density at radius 1 is 0.700 bits per heavy atom. The van der Waals surface area contributed by atoms with E-state index < -0.39 is 0 Å². The molecule has 1 aliphatic heterocycles. The highest BCUT2D eigenvalue weighted by molar-refractivity contribution is 5.97. The van der Waals surface area contributed by atoms with Crippen LogP contribution in [0.15, 0.2) is 0 Å². The van der Waals surface area contributed by atoms with Gasteiger partial charge < -0.3 is 0 Å². The van der Waals surface area contributed by atoms with E-state index in [1.807, 2.05) is 0 Å². The number of imide groups is 1. The quantitative estimate of drug-likeness (QED) is 0.715. The Balaban J connectivity index is 1.86. The van der Waals surface area contributed by atoms with Gasteiger partial charge in [-0.2, -0.15) is 0 Å². The summed E-state index contributed by atoms with van der Waals surface area (Å²) in [7, 11) is 0. The minimum absolute atomic E-state index is 0.0653. The minimum Gasteiger partial charge on any atom is -0.282 e. The molecule has 1 saturated carbocycles. The highest BCUT2D eigenvalue weighted by atomic mass is 16.2. The van der Waals surface area contributed by atoms with E-state index in [0.717, 1.165) is 6.42 Å². The third kappa shape index (κ3) is 4.92. The predicted octanol–water partition coefficient (Wildman–Crippen LogP) is 4.06. The molecule has 2 aliphatic rings. The monoisotopic (exact) mass is 279 g/mol. The Labute approximate surface area is 123 Å². The molecule has 1 saturated heterocycles. The van der Waals surface area contributed by atoms with Crippen molar-refractivity contribution in [1.82, 2.24) is 4.90 Å². The van der Waals surface area contributed by atoms with Gasteiger partial charge in [-0.1, -0.05) is 51.4 Å². The maximum absolute atomic E-state index is 11.9. The summed E-state index contributed by atoms with van der Waals surface area (Å²) in [4.78, 5) is 25.4. The predicted molar refractivity (Wildman–Crippen MR) is 80.2 cm³/mol. The molecule has 3 heteroatoms. The van der Waals surface area contributed by atoms with E-state index in [-0.39, 0.29) is 11.8 Å².